The van der Waals surface area contributed by atoms with E-state index in [1.165, 1.54) is 11.3 Å². The number of hydrogen-bond acceptors (Lipinski definition) is 8. The van der Waals surface area contributed by atoms with Gasteiger partial charge in [0.2, 0.25) is 5.95 Å². The molecule has 1 saturated heterocycles. The number of pyridine rings is 1. The predicted molar refractivity (Wildman–Crippen MR) is 125 cm³/mol. The van der Waals surface area contributed by atoms with Gasteiger partial charge in [-0.3, -0.25) is 14.6 Å². The van der Waals surface area contributed by atoms with E-state index in [-0.39, 0.29) is 23.3 Å². The van der Waals surface area contributed by atoms with Crippen molar-refractivity contribution in [2.24, 2.45) is 17.3 Å². The van der Waals surface area contributed by atoms with Crippen LogP contribution in [0.5, 0.6) is 0 Å². The summed E-state index contributed by atoms with van der Waals surface area (Å²) in [6.45, 7) is 5.13. The number of carbonyl (C=O) groups is 2. The summed E-state index contributed by atoms with van der Waals surface area (Å²) < 4.78 is 0.713. The van der Waals surface area contributed by atoms with E-state index in [0.717, 1.165) is 35.8 Å². The molecule has 170 valence electrons. The Morgan fingerprint density at radius 2 is 2.03 bits per heavy atom. The molecule has 1 aliphatic heterocycles. The monoisotopic (exact) mass is 462 g/mol. The minimum atomic E-state index is -0.114. The Bertz CT molecular complexity index is 1240. The number of aryl methyl sites for hydroxylation is 1. The molecule has 7 rings (SSSR count). The third kappa shape index (κ3) is 3.49. The van der Waals surface area contributed by atoms with Gasteiger partial charge in [-0.15, -0.1) is 11.3 Å². The van der Waals surface area contributed by atoms with Crippen molar-refractivity contribution in [2.45, 2.75) is 45.6 Å². The van der Waals surface area contributed by atoms with Crippen molar-refractivity contribution >= 4 is 39.3 Å². The van der Waals surface area contributed by atoms with E-state index in [9.17, 15) is 9.59 Å². The van der Waals surface area contributed by atoms with Crippen LogP contribution in [-0.4, -0.2) is 49.6 Å². The molecule has 3 aliphatic carbocycles. The van der Waals surface area contributed by atoms with Crippen LogP contribution < -0.4 is 5.32 Å². The zero-order valence-electron chi connectivity index (χ0n) is 18.7. The molecule has 8 nitrogen and oxygen atoms in total. The highest BCUT2D eigenvalue weighted by Crippen LogP contribution is 2.65. The molecule has 4 heterocycles. The van der Waals surface area contributed by atoms with E-state index in [2.05, 4.69) is 25.3 Å². The van der Waals surface area contributed by atoms with E-state index in [4.69, 9.17) is 0 Å². The third-order valence-electron chi connectivity index (χ3n) is 7.44. The number of aromatic nitrogens is 4. The van der Waals surface area contributed by atoms with Gasteiger partial charge in [-0.25, -0.2) is 9.97 Å². The van der Waals surface area contributed by atoms with Crippen molar-refractivity contribution < 1.29 is 9.59 Å². The summed E-state index contributed by atoms with van der Waals surface area (Å²) in [5.74, 6) is 1.75. The second kappa shape index (κ2) is 7.55. The summed E-state index contributed by atoms with van der Waals surface area (Å²) in [6.07, 6.45) is 7.42. The molecule has 1 atom stereocenters. The first kappa shape index (κ1) is 20.7. The van der Waals surface area contributed by atoms with Crippen LogP contribution in [-0.2, 0) is 4.79 Å². The van der Waals surface area contributed by atoms with Crippen LogP contribution in [0, 0.1) is 24.2 Å². The number of Topliss-reactive ketones (excluding diaryl/α,β-unsaturated/α-hetero) is 1. The Morgan fingerprint density at radius 3 is 2.70 bits per heavy atom. The lowest BCUT2D eigenvalue weighted by molar-refractivity contribution is -0.164. The standard InChI is InChI=1S/C24H26N6O2S/c1-13(17-4-3-5-25-10-17)26-23-28-19(20-21(29-23)27-14(2)33-20)22(32)30-11-15(12-30)6-18(31)24-7-16(8-24)9-24/h3-5,10,13,15-16H,6-9,11-12H2,1-2H3,(H,26,28,29). The number of hydrogen-bond donors (Lipinski definition) is 1. The summed E-state index contributed by atoms with van der Waals surface area (Å²) in [5.41, 5.74) is 1.94. The number of amides is 1. The second-order valence-corrected chi connectivity index (χ2v) is 11.1. The molecule has 4 aliphatic rings. The van der Waals surface area contributed by atoms with Gasteiger partial charge in [-0.2, -0.15) is 4.98 Å². The van der Waals surface area contributed by atoms with Crippen LogP contribution in [0.1, 0.15) is 59.7 Å². The summed E-state index contributed by atoms with van der Waals surface area (Å²) >= 11 is 1.44. The van der Waals surface area contributed by atoms with Crippen LogP contribution in [0.2, 0.25) is 0 Å². The van der Waals surface area contributed by atoms with Crippen molar-refractivity contribution in [2.75, 3.05) is 18.4 Å². The van der Waals surface area contributed by atoms with Gasteiger partial charge in [0.25, 0.3) is 5.91 Å². The zero-order chi connectivity index (χ0) is 22.7. The van der Waals surface area contributed by atoms with Gasteiger partial charge in [-0.1, -0.05) is 6.07 Å². The Morgan fingerprint density at radius 1 is 1.24 bits per heavy atom. The predicted octanol–water partition coefficient (Wildman–Crippen LogP) is 3.79. The lowest BCUT2D eigenvalue weighted by atomic mass is 9.42. The highest BCUT2D eigenvalue weighted by Gasteiger charge is 2.61. The van der Waals surface area contributed by atoms with Crippen molar-refractivity contribution in [1.29, 1.82) is 0 Å². The maximum atomic E-state index is 13.4. The minimum absolute atomic E-state index is 0.0135. The Balaban J connectivity index is 1.18. The number of fused-ring (bicyclic) bond motifs is 1. The zero-order valence-corrected chi connectivity index (χ0v) is 19.6. The molecule has 1 N–H and O–H groups in total. The fraction of sp³-hybridized carbons (Fsp3) is 0.500. The number of nitrogens with one attached hydrogen (secondary N) is 1. The maximum Gasteiger partial charge on any atom is 0.274 e. The summed E-state index contributed by atoms with van der Waals surface area (Å²) in [5, 5.41) is 4.13. The minimum Gasteiger partial charge on any atom is -0.348 e. The van der Waals surface area contributed by atoms with Crippen molar-refractivity contribution in [3.05, 3.63) is 40.8 Å². The smallest absolute Gasteiger partial charge is 0.274 e. The first-order chi connectivity index (χ1) is 15.9. The van der Waals surface area contributed by atoms with Crippen LogP contribution in [0.4, 0.5) is 5.95 Å². The number of thiazole rings is 1. The van der Waals surface area contributed by atoms with Gasteiger partial charge in [-0.05, 0) is 50.7 Å². The lowest BCUT2D eigenvalue weighted by Crippen LogP contribution is -2.58. The first-order valence-electron chi connectivity index (χ1n) is 11.5. The van der Waals surface area contributed by atoms with Gasteiger partial charge in [0.05, 0.1) is 11.0 Å². The van der Waals surface area contributed by atoms with Crippen LogP contribution in [0.25, 0.3) is 10.3 Å². The topological polar surface area (TPSA) is 101 Å². The summed E-state index contributed by atoms with van der Waals surface area (Å²) in [6, 6.07) is 3.79. The summed E-state index contributed by atoms with van der Waals surface area (Å²) in [7, 11) is 0. The number of anilines is 1. The van der Waals surface area contributed by atoms with Crippen molar-refractivity contribution in [3.63, 3.8) is 0 Å². The third-order valence-corrected chi connectivity index (χ3v) is 8.41. The molecule has 2 bridgehead atoms. The molecule has 1 unspecified atom stereocenters. The van der Waals surface area contributed by atoms with Gasteiger partial charge in [0.15, 0.2) is 11.3 Å². The molecule has 9 heteroatoms. The fourth-order valence-corrected chi connectivity index (χ4v) is 6.20. The number of carbonyl (C=O) groups excluding carboxylic acids is 2. The van der Waals surface area contributed by atoms with E-state index in [1.807, 2.05) is 26.0 Å². The molecule has 4 fully saturated rings. The highest BCUT2D eigenvalue weighted by atomic mass is 32.1. The number of ketones is 1. The van der Waals surface area contributed by atoms with Gasteiger partial charge >= 0.3 is 0 Å². The molecule has 3 aromatic rings. The molecule has 33 heavy (non-hydrogen) atoms. The molecule has 1 amide bonds. The molecular formula is C24H26N6O2S. The molecule has 0 radical (unpaired) electrons. The fourth-order valence-electron chi connectivity index (χ4n) is 5.36. The first-order valence-corrected chi connectivity index (χ1v) is 12.4. The van der Waals surface area contributed by atoms with Crippen molar-refractivity contribution in [1.82, 2.24) is 24.8 Å². The number of nitrogens with zero attached hydrogens (tertiary/aromatic N) is 5. The normalized spacial score (nSPS) is 24.5. The number of rotatable bonds is 7. The quantitative estimate of drug-likeness (QED) is 0.570. The molecule has 0 spiro atoms. The average Bonchev–Trinajstić information content (AvgIpc) is 3.07. The molecule has 3 saturated carbocycles. The molecule has 3 aromatic heterocycles. The van der Waals surface area contributed by atoms with Gasteiger partial charge in [0, 0.05) is 43.2 Å². The highest BCUT2D eigenvalue weighted by molar-refractivity contribution is 7.18. The number of likely N-dealkylation sites (tertiary alicyclic amines) is 1. The molecular weight excluding hydrogens is 436 g/mol. The lowest BCUT2D eigenvalue weighted by Gasteiger charge is -2.61. The maximum absolute atomic E-state index is 13.4. The van der Waals surface area contributed by atoms with E-state index < -0.39 is 0 Å². The Kier molecular flexibility index (Phi) is 4.72. The van der Waals surface area contributed by atoms with E-state index in [1.54, 1.807) is 17.3 Å². The second-order valence-electron chi connectivity index (χ2n) is 9.90. The Hall–Kier alpha value is -2.94. The van der Waals surface area contributed by atoms with Crippen LogP contribution >= 0.6 is 11.3 Å². The van der Waals surface area contributed by atoms with Crippen LogP contribution in [0.3, 0.4) is 0 Å². The van der Waals surface area contributed by atoms with Gasteiger partial charge in [0.1, 0.15) is 10.5 Å². The Labute approximate surface area is 195 Å². The SMILES string of the molecule is Cc1nc2nc(NC(C)c3cccnc3)nc(C(=O)N3CC(CC(=O)C45CC(C4)C5)C3)c2s1. The van der Waals surface area contributed by atoms with E-state index in [0.29, 0.717) is 47.3 Å². The molecule has 0 aromatic carbocycles. The van der Waals surface area contributed by atoms with Crippen LogP contribution in [0.15, 0.2) is 24.5 Å². The largest absolute Gasteiger partial charge is 0.348 e. The summed E-state index contributed by atoms with van der Waals surface area (Å²) in [4.78, 5) is 45.6. The van der Waals surface area contributed by atoms with E-state index >= 15 is 0 Å². The van der Waals surface area contributed by atoms with Crippen molar-refractivity contribution in [3.8, 4) is 0 Å². The van der Waals surface area contributed by atoms with Gasteiger partial charge < -0.3 is 10.2 Å². The average molecular weight is 463 g/mol.